The van der Waals surface area contributed by atoms with Crippen LogP contribution in [0.1, 0.15) is 18.4 Å². The Balaban J connectivity index is 1.91. The van der Waals surface area contributed by atoms with Crippen molar-refractivity contribution in [1.29, 1.82) is 0 Å². The van der Waals surface area contributed by atoms with Gasteiger partial charge in [0.15, 0.2) is 0 Å². The molecule has 0 amide bonds. The summed E-state index contributed by atoms with van der Waals surface area (Å²) < 4.78 is 0. The molecule has 1 aromatic heterocycles. The summed E-state index contributed by atoms with van der Waals surface area (Å²) in [5, 5.41) is 3.92. The van der Waals surface area contributed by atoms with Crippen molar-refractivity contribution in [2.75, 3.05) is 20.1 Å². The van der Waals surface area contributed by atoms with Crippen LogP contribution in [0.4, 0.5) is 0 Å². The monoisotopic (exact) mass is 239 g/mol. The van der Waals surface area contributed by atoms with E-state index in [1.165, 1.54) is 24.9 Å². The van der Waals surface area contributed by atoms with Gasteiger partial charge in [0, 0.05) is 25.3 Å². The molecule has 0 bridgehead atoms. The first-order valence-electron chi connectivity index (χ1n) is 5.78. The Morgan fingerprint density at radius 1 is 1.56 bits per heavy atom. The Hall–Kier alpha value is -0.640. The van der Waals surface area contributed by atoms with Crippen LogP contribution in [0.3, 0.4) is 0 Å². The summed E-state index contributed by atoms with van der Waals surface area (Å²) in [5.41, 5.74) is 1.24. The van der Waals surface area contributed by atoms with E-state index >= 15 is 0 Å². The summed E-state index contributed by atoms with van der Waals surface area (Å²) in [4.78, 5) is 6.57. The summed E-state index contributed by atoms with van der Waals surface area (Å²) in [6.07, 6.45) is 4.42. The molecule has 1 aliphatic heterocycles. The number of rotatable bonds is 3. The molecule has 0 aliphatic carbocycles. The zero-order valence-corrected chi connectivity index (χ0v) is 10.4. The van der Waals surface area contributed by atoms with Gasteiger partial charge in [-0.25, -0.2) is 4.98 Å². The molecule has 0 saturated carbocycles. The van der Waals surface area contributed by atoms with Gasteiger partial charge in [-0.1, -0.05) is 17.7 Å². The lowest BCUT2D eigenvalue weighted by molar-refractivity contribution is 0.188. The number of likely N-dealkylation sites (tertiary alicyclic amines) is 1. The number of halogens is 1. The highest BCUT2D eigenvalue weighted by atomic mass is 35.5. The number of piperidine rings is 1. The summed E-state index contributed by atoms with van der Waals surface area (Å²) in [7, 11) is 2.04. The van der Waals surface area contributed by atoms with Crippen molar-refractivity contribution in [3.63, 3.8) is 0 Å². The molecule has 2 rings (SSSR count). The quantitative estimate of drug-likeness (QED) is 0.817. The van der Waals surface area contributed by atoms with Gasteiger partial charge in [-0.15, -0.1) is 0 Å². The van der Waals surface area contributed by atoms with Gasteiger partial charge in [0.25, 0.3) is 0 Å². The minimum Gasteiger partial charge on any atom is -0.316 e. The predicted molar refractivity (Wildman–Crippen MR) is 66.6 cm³/mol. The maximum absolute atomic E-state index is 5.77. The molecule has 0 unspecified atom stereocenters. The molecular formula is C12H18ClN3. The fraction of sp³-hybridized carbons (Fsp3) is 0.583. The van der Waals surface area contributed by atoms with Gasteiger partial charge in [0.05, 0.1) is 0 Å². The van der Waals surface area contributed by atoms with Gasteiger partial charge in [0.1, 0.15) is 5.15 Å². The van der Waals surface area contributed by atoms with Crippen molar-refractivity contribution in [1.82, 2.24) is 15.2 Å². The summed E-state index contributed by atoms with van der Waals surface area (Å²) >= 11 is 5.77. The van der Waals surface area contributed by atoms with E-state index in [0.29, 0.717) is 11.2 Å². The van der Waals surface area contributed by atoms with Crippen molar-refractivity contribution in [3.8, 4) is 0 Å². The van der Waals surface area contributed by atoms with Crippen molar-refractivity contribution >= 4 is 11.6 Å². The Morgan fingerprint density at radius 2 is 2.44 bits per heavy atom. The second-order valence-electron chi connectivity index (χ2n) is 4.35. The zero-order chi connectivity index (χ0) is 11.4. The summed E-state index contributed by atoms with van der Waals surface area (Å²) in [6.45, 7) is 3.28. The van der Waals surface area contributed by atoms with E-state index in [2.05, 4.69) is 21.3 Å². The van der Waals surface area contributed by atoms with Crippen LogP contribution in [0.15, 0.2) is 18.3 Å². The van der Waals surface area contributed by atoms with Crippen molar-refractivity contribution in [2.45, 2.75) is 25.4 Å². The third-order valence-corrected chi connectivity index (χ3v) is 3.33. The number of hydrogen-bond donors (Lipinski definition) is 1. The lowest BCUT2D eigenvalue weighted by Crippen LogP contribution is -2.43. The third kappa shape index (κ3) is 3.17. The minimum absolute atomic E-state index is 0.565. The number of likely N-dealkylation sites (N-methyl/N-ethyl adjacent to an activating group) is 1. The molecular weight excluding hydrogens is 222 g/mol. The molecule has 0 radical (unpaired) electrons. The van der Waals surface area contributed by atoms with Crippen LogP contribution in [0.2, 0.25) is 5.15 Å². The first kappa shape index (κ1) is 11.8. The van der Waals surface area contributed by atoms with Crippen LogP contribution in [0.5, 0.6) is 0 Å². The topological polar surface area (TPSA) is 28.2 Å². The molecule has 4 heteroatoms. The van der Waals surface area contributed by atoms with Crippen molar-refractivity contribution < 1.29 is 0 Å². The molecule has 1 N–H and O–H groups in total. The molecule has 1 fully saturated rings. The largest absolute Gasteiger partial charge is 0.316 e. The van der Waals surface area contributed by atoms with Gasteiger partial charge < -0.3 is 5.32 Å². The maximum Gasteiger partial charge on any atom is 0.129 e. The van der Waals surface area contributed by atoms with E-state index < -0.39 is 0 Å². The molecule has 1 aliphatic rings. The van der Waals surface area contributed by atoms with E-state index in [1.54, 1.807) is 0 Å². The second-order valence-corrected chi connectivity index (χ2v) is 4.74. The Bertz CT molecular complexity index is 326. The molecule has 0 spiro atoms. The van der Waals surface area contributed by atoms with Gasteiger partial charge in [0.2, 0.25) is 0 Å². The minimum atomic E-state index is 0.565. The van der Waals surface area contributed by atoms with E-state index in [-0.39, 0.29) is 0 Å². The molecule has 1 atom stereocenters. The van der Waals surface area contributed by atoms with Crippen molar-refractivity contribution in [2.24, 2.45) is 0 Å². The number of pyridine rings is 1. The molecule has 16 heavy (non-hydrogen) atoms. The van der Waals surface area contributed by atoms with Gasteiger partial charge in [-0.2, -0.15) is 0 Å². The standard InChI is InChI=1S/C12H18ClN3/c1-14-11-3-2-6-16(9-11)8-10-4-5-12(13)15-7-10/h4-5,7,11,14H,2-3,6,8-9H2,1H3/t11-/m0/s1. The fourth-order valence-corrected chi connectivity index (χ4v) is 2.30. The summed E-state index contributed by atoms with van der Waals surface area (Å²) in [5.74, 6) is 0. The Kier molecular flexibility index (Phi) is 4.16. The van der Waals surface area contributed by atoms with Crippen LogP contribution >= 0.6 is 11.6 Å². The fourth-order valence-electron chi connectivity index (χ4n) is 2.19. The van der Waals surface area contributed by atoms with Gasteiger partial charge in [-0.05, 0) is 38.1 Å². The number of nitrogens with one attached hydrogen (secondary N) is 1. The lowest BCUT2D eigenvalue weighted by Gasteiger charge is -2.32. The van der Waals surface area contributed by atoms with Crippen LogP contribution in [0, 0.1) is 0 Å². The van der Waals surface area contributed by atoms with E-state index in [4.69, 9.17) is 11.6 Å². The summed E-state index contributed by atoms with van der Waals surface area (Å²) in [6, 6.07) is 4.54. The molecule has 1 aromatic rings. The van der Waals surface area contributed by atoms with Gasteiger partial charge >= 0.3 is 0 Å². The van der Waals surface area contributed by atoms with E-state index in [0.717, 1.165) is 13.1 Å². The van der Waals surface area contributed by atoms with Crippen molar-refractivity contribution in [3.05, 3.63) is 29.0 Å². The predicted octanol–water partition coefficient (Wildman–Crippen LogP) is 1.92. The normalized spacial score (nSPS) is 22.2. The van der Waals surface area contributed by atoms with Crippen LogP contribution in [-0.4, -0.2) is 36.1 Å². The highest BCUT2D eigenvalue weighted by Crippen LogP contribution is 2.14. The molecule has 2 heterocycles. The molecule has 0 aromatic carbocycles. The highest BCUT2D eigenvalue weighted by Gasteiger charge is 2.18. The number of hydrogen-bond acceptors (Lipinski definition) is 3. The lowest BCUT2D eigenvalue weighted by atomic mass is 10.1. The zero-order valence-electron chi connectivity index (χ0n) is 9.62. The maximum atomic E-state index is 5.77. The third-order valence-electron chi connectivity index (χ3n) is 3.11. The van der Waals surface area contributed by atoms with Crippen LogP contribution in [0.25, 0.3) is 0 Å². The second kappa shape index (κ2) is 5.62. The number of aromatic nitrogens is 1. The Labute approximate surface area is 102 Å². The van der Waals surface area contributed by atoms with Crippen LogP contribution in [-0.2, 0) is 6.54 Å². The van der Waals surface area contributed by atoms with Gasteiger partial charge in [-0.3, -0.25) is 4.90 Å². The molecule has 1 saturated heterocycles. The average Bonchev–Trinajstić information content (AvgIpc) is 2.32. The van der Waals surface area contributed by atoms with E-state index in [9.17, 15) is 0 Å². The number of nitrogens with zero attached hydrogens (tertiary/aromatic N) is 2. The first-order valence-corrected chi connectivity index (χ1v) is 6.16. The average molecular weight is 240 g/mol. The van der Waals surface area contributed by atoms with Crippen LogP contribution < -0.4 is 5.32 Å². The highest BCUT2D eigenvalue weighted by molar-refractivity contribution is 6.29. The SMILES string of the molecule is CN[C@H]1CCCN(Cc2ccc(Cl)nc2)C1. The first-order chi connectivity index (χ1) is 7.78. The molecule has 88 valence electrons. The smallest absolute Gasteiger partial charge is 0.129 e. The van der Waals surface area contributed by atoms with E-state index in [1.807, 2.05) is 19.3 Å². The molecule has 3 nitrogen and oxygen atoms in total. The Morgan fingerprint density at radius 3 is 3.12 bits per heavy atom.